The second-order valence-electron chi connectivity index (χ2n) is 3.19. The van der Waals surface area contributed by atoms with Crippen molar-refractivity contribution in [1.82, 2.24) is 5.32 Å². The Labute approximate surface area is 99.5 Å². The zero-order valence-electron chi connectivity index (χ0n) is 9.63. The molecule has 6 heteroatoms. The Bertz CT molecular complexity index is 356. The van der Waals surface area contributed by atoms with E-state index in [2.05, 4.69) is 15.3 Å². The molecule has 1 amide bonds. The summed E-state index contributed by atoms with van der Waals surface area (Å²) in [7, 11) is 0. The number of amides is 1. The maximum absolute atomic E-state index is 11.0. The molecule has 17 heavy (non-hydrogen) atoms. The molecule has 0 heterocycles. The summed E-state index contributed by atoms with van der Waals surface area (Å²) in [5, 5.41) is 6.68. The average molecular weight is 237 g/mol. The number of hydrogen-bond donors (Lipinski definition) is 1. The lowest BCUT2D eigenvalue weighted by molar-refractivity contribution is 0.152. The summed E-state index contributed by atoms with van der Waals surface area (Å²) >= 11 is 0. The molecule has 0 aromatic heterocycles. The largest absolute Gasteiger partial charge is 0.450 e. The number of nitroso groups, excluding NO2 is 1. The van der Waals surface area contributed by atoms with E-state index in [4.69, 9.17) is 0 Å². The highest BCUT2D eigenvalue weighted by molar-refractivity contribution is 5.67. The van der Waals surface area contributed by atoms with Crippen LogP contribution in [0.2, 0.25) is 0 Å². The van der Waals surface area contributed by atoms with E-state index < -0.39 is 6.09 Å². The smallest absolute Gasteiger partial charge is 0.407 e. The van der Waals surface area contributed by atoms with Crippen LogP contribution in [0.25, 0.3) is 0 Å². The lowest BCUT2D eigenvalue weighted by Gasteiger charge is -2.15. The van der Waals surface area contributed by atoms with Gasteiger partial charge in [-0.15, -0.1) is 4.91 Å². The first-order chi connectivity index (χ1) is 8.27. The summed E-state index contributed by atoms with van der Waals surface area (Å²) in [5.41, 5.74) is 0.688. The predicted molar refractivity (Wildman–Crippen MR) is 64.6 cm³/mol. The molecule has 0 bridgehead atoms. The lowest BCUT2D eigenvalue weighted by Crippen LogP contribution is -2.32. The zero-order chi connectivity index (χ0) is 12.5. The van der Waals surface area contributed by atoms with E-state index in [1.807, 2.05) is 18.2 Å². The van der Waals surface area contributed by atoms with Gasteiger partial charge >= 0.3 is 6.09 Å². The first-order valence-corrected chi connectivity index (χ1v) is 5.34. The third kappa shape index (κ3) is 4.50. The maximum atomic E-state index is 11.0. The van der Waals surface area contributed by atoms with Gasteiger partial charge in [0.15, 0.2) is 0 Å². The van der Waals surface area contributed by atoms with Crippen LogP contribution in [0, 0.1) is 4.91 Å². The first-order valence-electron chi connectivity index (χ1n) is 5.34. The van der Waals surface area contributed by atoms with Gasteiger partial charge < -0.3 is 10.1 Å². The van der Waals surface area contributed by atoms with Crippen molar-refractivity contribution in [2.75, 3.05) is 24.7 Å². The molecule has 0 radical (unpaired) electrons. The van der Waals surface area contributed by atoms with E-state index in [9.17, 15) is 9.70 Å². The number of nitrogens with one attached hydrogen (secondary N) is 1. The Kier molecular flexibility index (Phi) is 5.50. The minimum atomic E-state index is -0.494. The fourth-order valence-corrected chi connectivity index (χ4v) is 1.26. The molecule has 0 aliphatic rings. The van der Waals surface area contributed by atoms with E-state index in [0.29, 0.717) is 25.4 Å². The van der Waals surface area contributed by atoms with Gasteiger partial charge in [0.05, 0.1) is 24.1 Å². The normalized spacial score (nSPS) is 9.47. The van der Waals surface area contributed by atoms with E-state index in [0.717, 1.165) is 0 Å². The SMILES string of the molecule is CCOC(=O)NCCN(N=O)c1ccccc1. The molecule has 1 N–H and O–H groups in total. The maximum Gasteiger partial charge on any atom is 0.407 e. The second-order valence-corrected chi connectivity index (χ2v) is 3.19. The van der Waals surface area contributed by atoms with E-state index in [-0.39, 0.29) is 0 Å². The molecule has 0 saturated heterocycles. The summed E-state index contributed by atoms with van der Waals surface area (Å²) in [5.74, 6) is 0. The quantitative estimate of drug-likeness (QED) is 0.606. The summed E-state index contributed by atoms with van der Waals surface area (Å²) in [6.07, 6.45) is -0.494. The van der Waals surface area contributed by atoms with Crippen molar-refractivity contribution >= 4 is 11.8 Å². The van der Waals surface area contributed by atoms with Gasteiger partial charge in [-0.3, -0.25) is 0 Å². The van der Waals surface area contributed by atoms with Crippen LogP contribution in [-0.2, 0) is 4.74 Å². The first kappa shape index (κ1) is 13.0. The van der Waals surface area contributed by atoms with E-state index in [1.165, 1.54) is 5.01 Å². The van der Waals surface area contributed by atoms with Crippen LogP contribution in [0.1, 0.15) is 6.92 Å². The van der Waals surface area contributed by atoms with Crippen molar-refractivity contribution in [1.29, 1.82) is 0 Å². The van der Waals surface area contributed by atoms with Crippen LogP contribution in [0.5, 0.6) is 0 Å². The van der Waals surface area contributed by atoms with Gasteiger partial charge in [0.25, 0.3) is 0 Å². The molecule has 0 saturated carbocycles. The fourth-order valence-electron chi connectivity index (χ4n) is 1.26. The Morgan fingerprint density at radius 1 is 1.41 bits per heavy atom. The predicted octanol–water partition coefficient (Wildman–Crippen LogP) is 1.92. The molecule has 0 unspecified atom stereocenters. The highest BCUT2D eigenvalue weighted by Crippen LogP contribution is 2.12. The number of benzene rings is 1. The number of nitrogens with zero attached hydrogens (tertiary/aromatic N) is 2. The van der Waals surface area contributed by atoms with Crippen molar-refractivity contribution in [3.63, 3.8) is 0 Å². The number of rotatable bonds is 6. The van der Waals surface area contributed by atoms with Crippen molar-refractivity contribution in [2.45, 2.75) is 6.92 Å². The molecule has 0 aliphatic carbocycles. The van der Waals surface area contributed by atoms with Crippen LogP contribution in [0.3, 0.4) is 0 Å². The molecule has 1 aromatic rings. The third-order valence-corrected chi connectivity index (χ3v) is 2.02. The van der Waals surface area contributed by atoms with Gasteiger partial charge in [-0.2, -0.15) is 0 Å². The van der Waals surface area contributed by atoms with Gasteiger partial charge in [0.1, 0.15) is 0 Å². The monoisotopic (exact) mass is 237 g/mol. The Hall–Kier alpha value is -2.11. The molecule has 92 valence electrons. The number of hydrogen-bond acceptors (Lipinski definition) is 4. The molecule has 0 aliphatic heterocycles. The van der Waals surface area contributed by atoms with Crippen LogP contribution in [0.15, 0.2) is 35.6 Å². The summed E-state index contributed by atoms with van der Waals surface area (Å²) < 4.78 is 4.69. The van der Waals surface area contributed by atoms with Crippen molar-refractivity contribution in [3.05, 3.63) is 35.2 Å². The van der Waals surface area contributed by atoms with E-state index in [1.54, 1.807) is 19.1 Å². The molecule has 0 atom stereocenters. The highest BCUT2D eigenvalue weighted by Gasteiger charge is 2.06. The number of ether oxygens (including phenoxy) is 1. The van der Waals surface area contributed by atoms with Gasteiger partial charge in [0, 0.05) is 6.54 Å². The zero-order valence-corrected chi connectivity index (χ0v) is 9.63. The van der Waals surface area contributed by atoms with Crippen LogP contribution in [-0.4, -0.2) is 25.8 Å². The van der Waals surface area contributed by atoms with Gasteiger partial charge in [-0.1, -0.05) is 18.2 Å². The number of carbonyl (C=O) groups excluding carboxylic acids is 1. The van der Waals surface area contributed by atoms with E-state index >= 15 is 0 Å². The number of para-hydroxylation sites is 1. The van der Waals surface area contributed by atoms with Gasteiger partial charge in [-0.25, -0.2) is 9.80 Å². The topological polar surface area (TPSA) is 71.0 Å². The summed E-state index contributed by atoms with van der Waals surface area (Å²) in [6, 6.07) is 9.01. The second kappa shape index (κ2) is 7.21. The molecule has 6 nitrogen and oxygen atoms in total. The van der Waals surface area contributed by atoms with Gasteiger partial charge in [0.2, 0.25) is 0 Å². The molecule has 0 spiro atoms. The highest BCUT2D eigenvalue weighted by atomic mass is 16.5. The molecular weight excluding hydrogens is 222 g/mol. The van der Waals surface area contributed by atoms with Crippen molar-refractivity contribution < 1.29 is 9.53 Å². The molecule has 1 rings (SSSR count). The number of alkyl carbamates (subject to hydrolysis) is 1. The van der Waals surface area contributed by atoms with Crippen LogP contribution >= 0.6 is 0 Å². The van der Waals surface area contributed by atoms with Crippen molar-refractivity contribution in [3.8, 4) is 0 Å². The van der Waals surface area contributed by atoms with Crippen LogP contribution < -0.4 is 10.3 Å². The summed E-state index contributed by atoms with van der Waals surface area (Å²) in [6.45, 7) is 2.63. The third-order valence-electron chi connectivity index (χ3n) is 2.02. The van der Waals surface area contributed by atoms with Crippen molar-refractivity contribution in [2.24, 2.45) is 5.29 Å². The molecule has 0 fully saturated rings. The minimum absolute atomic E-state index is 0.291. The fraction of sp³-hybridized carbons (Fsp3) is 0.364. The Morgan fingerprint density at radius 3 is 2.71 bits per heavy atom. The summed E-state index contributed by atoms with van der Waals surface area (Å²) in [4.78, 5) is 21.6. The van der Waals surface area contributed by atoms with Crippen LogP contribution in [0.4, 0.5) is 10.5 Å². The minimum Gasteiger partial charge on any atom is -0.450 e. The average Bonchev–Trinajstić information content (AvgIpc) is 2.36. The number of anilines is 1. The molecule has 1 aromatic carbocycles. The standard InChI is InChI=1S/C11H15N3O3/c1-2-17-11(15)12-8-9-14(13-16)10-6-4-3-5-7-10/h3-7H,2,8-9H2,1H3,(H,12,15). The van der Waals surface area contributed by atoms with Gasteiger partial charge in [-0.05, 0) is 19.1 Å². The molecular formula is C11H15N3O3. The number of carbonyl (C=O) groups is 1. The Morgan fingerprint density at radius 2 is 2.12 bits per heavy atom. The lowest BCUT2D eigenvalue weighted by atomic mass is 10.3. The Balaban J connectivity index is 2.39.